The van der Waals surface area contributed by atoms with Crippen LogP contribution in [0.4, 0.5) is 4.79 Å². The Balaban J connectivity index is 2.67. The van der Waals surface area contributed by atoms with Crippen molar-refractivity contribution >= 4 is 28.8 Å². The van der Waals surface area contributed by atoms with Crippen molar-refractivity contribution in [2.45, 2.75) is 39.3 Å². The van der Waals surface area contributed by atoms with E-state index in [4.69, 9.17) is 4.84 Å². The fraction of sp³-hybridized carbons (Fsp3) is 0.727. The third-order valence-corrected chi connectivity index (χ3v) is 3.86. The molecule has 18 heavy (non-hydrogen) atoms. The van der Waals surface area contributed by atoms with Gasteiger partial charge in [0, 0.05) is 13.1 Å². The number of amides is 2. The molecule has 0 aromatic heterocycles. The molecule has 0 spiro atoms. The number of rotatable bonds is 2. The lowest BCUT2D eigenvalue weighted by Gasteiger charge is -2.31. The molecule has 1 fully saturated rings. The molecule has 1 N–H and O–H groups in total. The van der Waals surface area contributed by atoms with Crippen molar-refractivity contribution in [2.24, 2.45) is 5.16 Å². The molecule has 7 heteroatoms. The summed E-state index contributed by atoms with van der Waals surface area (Å²) in [5, 5.41) is 7.22. The third kappa shape index (κ3) is 3.63. The Morgan fingerprint density at radius 3 is 2.67 bits per heavy atom. The SMILES string of the molecule is CC(C)N(C)C(=O)ON=C1SCC(=O)NC1(C)C. The molecule has 1 rings (SSSR count). The predicted octanol–water partition coefficient (Wildman–Crippen LogP) is 1.42. The minimum atomic E-state index is -0.601. The second-order valence-corrected chi connectivity index (χ2v) is 5.88. The van der Waals surface area contributed by atoms with Gasteiger partial charge in [-0.2, -0.15) is 0 Å². The van der Waals surface area contributed by atoms with Gasteiger partial charge in [0.2, 0.25) is 5.91 Å². The standard InChI is InChI=1S/C11H19N3O3S/c1-7(2)14(5)10(16)17-13-9-11(3,4)12-8(15)6-18-9/h7H,6H2,1-5H3,(H,12,15). The van der Waals surface area contributed by atoms with Crippen LogP contribution in [0, 0.1) is 0 Å². The fourth-order valence-corrected chi connectivity index (χ4v) is 2.09. The van der Waals surface area contributed by atoms with Crippen LogP contribution in [0.3, 0.4) is 0 Å². The monoisotopic (exact) mass is 273 g/mol. The van der Waals surface area contributed by atoms with Crippen LogP contribution in [-0.4, -0.2) is 46.3 Å². The first-order valence-corrected chi connectivity index (χ1v) is 6.68. The van der Waals surface area contributed by atoms with Crippen LogP contribution >= 0.6 is 11.8 Å². The maximum Gasteiger partial charge on any atom is 0.435 e. The molecule has 0 unspecified atom stereocenters. The molecule has 0 aromatic rings. The van der Waals surface area contributed by atoms with Gasteiger partial charge in [-0.1, -0.05) is 16.9 Å². The van der Waals surface area contributed by atoms with Gasteiger partial charge in [0.15, 0.2) is 0 Å². The van der Waals surface area contributed by atoms with E-state index in [0.717, 1.165) is 0 Å². The van der Waals surface area contributed by atoms with Crippen molar-refractivity contribution in [1.82, 2.24) is 10.2 Å². The highest BCUT2D eigenvalue weighted by atomic mass is 32.2. The average molecular weight is 273 g/mol. The van der Waals surface area contributed by atoms with E-state index in [9.17, 15) is 9.59 Å². The van der Waals surface area contributed by atoms with Crippen molar-refractivity contribution in [3.8, 4) is 0 Å². The Morgan fingerprint density at radius 2 is 2.17 bits per heavy atom. The molecule has 0 radical (unpaired) electrons. The molecule has 102 valence electrons. The molecule has 0 saturated carbocycles. The van der Waals surface area contributed by atoms with Gasteiger partial charge in [0.25, 0.3) is 0 Å². The van der Waals surface area contributed by atoms with Crippen LogP contribution in [0.15, 0.2) is 5.16 Å². The summed E-state index contributed by atoms with van der Waals surface area (Å²) in [6, 6.07) is 0.0458. The summed E-state index contributed by atoms with van der Waals surface area (Å²) < 4.78 is 0. The normalized spacial score (nSPS) is 20.8. The van der Waals surface area contributed by atoms with Gasteiger partial charge in [0.1, 0.15) is 5.04 Å². The average Bonchev–Trinajstić information content (AvgIpc) is 2.25. The number of nitrogens with one attached hydrogen (secondary N) is 1. The summed E-state index contributed by atoms with van der Waals surface area (Å²) in [6.45, 7) is 7.40. The lowest BCUT2D eigenvalue weighted by molar-refractivity contribution is -0.119. The van der Waals surface area contributed by atoms with Crippen LogP contribution < -0.4 is 5.32 Å². The molecule has 6 nitrogen and oxygen atoms in total. The van der Waals surface area contributed by atoms with Gasteiger partial charge in [-0.15, -0.1) is 0 Å². The molecule has 1 saturated heterocycles. The lowest BCUT2D eigenvalue weighted by Crippen LogP contribution is -2.53. The molecular weight excluding hydrogens is 254 g/mol. The predicted molar refractivity (Wildman–Crippen MR) is 71.5 cm³/mol. The maximum absolute atomic E-state index is 11.6. The van der Waals surface area contributed by atoms with Gasteiger partial charge in [-0.25, -0.2) is 4.79 Å². The zero-order valence-corrected chi connectivity index (χ0v) is 12.1. The summed E-state index contributed by atoms with van der Waals surface area (Å²) in [6.07, 6.45) is -0.509. The molecule has 0 aliphatic carbocycles. The van der Waals surface area contributed by atoms with E-state index in [-0.39, 0.29) is 11.9 Å². The fourth-order valence-electron chi connectivity index (χ4n) is 1.25. The van der Waals surface area contributed by atoms with Crippen LogP contribution in [0.1, 0.15) is 27.7 Å². The zero-order valence-electron chi connectivity index (χ0n) is 11.3. The number of thioether (sulfide) groups is 1. The molecule has 1 heterocycles. The van der Waals surface area contributed by atoms with Gasteiger partial charge >= 0.3 is 6.09 Å². The Bertz CT molecular complexity index is 380. The van der Waals surface area contributed by atoms with Crippen LogP contribution in [0.2, 0.25) is 0 Å². The van der Waals surface area contributed by atoms with Gasteiger partial charge < -0.3 is 10.2 Å². The molecule has 1 aliphatic heterocycles. The van der Waals surface area contributed by atoms with Crippen molar-refractivity contribution in [3.05, 3.63) is 0 Å². The van der Waals surface area contributed by atoms with Crippen molar-refractivity contribution in [2.75, 3.05) is 12.8 Å². The minimum absolute atomic E-state index is 0.0458. The van der Waals surface area contributed by atoms with Crippen LogP contribution in [0.5, 0.6) is 0 Å². The minimum Gasteiger partial charge on any atom is -0.344 e. The number of carbonyl (C=O) groups excluding carboxylic acids is 2. The summed E-state index contributed by atoms with van der Waals surface area (Å²) in [7, 11) is 1.65. The first kappa shape index (κ1) is 14.8. The summed E-state index contributed by atoms with van der Waals surface area (Å²) >= 11 is 1.28. The number of hydrogen-bond acceptors (Lipinski definition) is 5. The Hall–Kier alpha value is -1.24. The second-order valence-electron chi connectivity index (χ2n) is 4.92. The highest BCUT2D eigenvalue weighted by Gasteiger charge is 2.33. The van der Waals surface area contributed by atoms with E-state index in [1.54, 1.807) is 7.05 Å². The van der Waals surface area contributed by atoms with Crippen molar-refractivity contribution in [3.63, 3.8) is 0 Å². The van der Waals surface area contributed by atoms with E-state index in [2.05, 4.69) is 10.5 Å². The number of nitrogens with zero attached hydrogens (tertiary/aromatic N) is 2. The summed E-state index contributed by atoms with van der Waals surface area (Å²) in [5.41, 5.74) is -0.601. The molecule has 0 aromatic carbocycles. The highest BCUT2D eigenvalue weighted by Crippen LogP contribution is 2.22. The first-order valence-electron chi connectivity index (χ1n) is 5.70. The van der Waals surface area contributed by atoms with Crippen molar-refractivity contribution in [1.29, 1.82) is 0 Å². The Labute approximate surface area is 111 Å². The third-order valence-electron chi connectivity index (χ3n) is 2.60. The van der Waals surface area contributed by atoms with Gasteiger partial charge in [-0.05, 0) is 27.7 Å². The van der Waals surface area contributed by atoms with E-state index < -0.39 is 11.6 Å². The first-order chi connectivity index (χ1) is 8.24. The second kappa shape index (κ2) is 5.60. The zero-order chi connectivity index (χ0) is 13.9. The smallest absolute Gasteiger partial charge is 0.344 e. The van der Waals surface area contributed by atoms with Crippen LogP contribution in [-0.2, 0) is 9.63 Å². The van der Waals surface area contributed by atoms with Gasteiger partial charge in [0.05, 0.1) is 11.3 Å². The lowest BCUT2D eigenvalue weighted by atomic mass is 10.1. The van der Waals surface area contributed by atoms with E-state index in [0.29, 0.717) is 10.8 Å². The molecule has 0 bridgehead atoms. The quantitative estimate of drug-likeness (QED) is 0.610. The summed E-state index contributed by atoms with van der Waals surface area (Å²) in [5.74, 6) is 0.245. The van der Waals surface area contributed by atoms with E-state index in [1.807, 2.05) is 27.7 Å². The molecular formula is C11H19N3O3S. The van der Waals surface area contributed by atoms with Gasteiger partial charge in [-0.3, -0.25) is 9.63 Å². The molecule has 1 aliphatic rings. The molecule has 0 atom stereocenters. The maximum atomic E-state index is 11.6. The van der Waals surface area contributed by atoms with E-state index >= 15 is 0 Å². The number of oxime groups is 1. The summed E-state index contributed by atoms with van der Waals surface area (Å²) in [4.78, 5) is 29.2. The number of hydrogen-bond donors (Lipinski definition) is 1. The Kier molecular flexibility index (Phi) is 4.61. The highest BCUT2D eigenvalue weighted by molar-refractivity contribution is 8.14. The Morgan fingerprint density at radius 1 is 1.56 bits per heavy atom. The molecule has 2 amide bonds. The van der Waals surface area contributed by atoms with Crippen LogP contribution in [0.25, 0.3) is 0 Å². The largest absolute Gasteiger partial charge is 0.435 e. The van der Waals surface area contributed by atoms with E-state index in [1.165, 1.54) is 16.7 Å². The number of carbonyl (C=O) groups is 2. The van der Waals surface area contributed by atoms with Crippen molar-refractivity contribution < 1.29 is 14.4 Å². The topological polar surface area (TPSA) is 71.0 Å².